The molecule has 17 heteroatoms. The molecule has 284 valence electrons. The molecule has 2 aliphatic rings. The maximum absolute atomic E-state index is 14.5. The number of fused-ring (bicyclic) bond motifs is 5. The third kappa shape index (κ3) is 9.71. The Morgan fingerprint density at radius 2 is 1.91 bits per heavy atom. The van der Waals surface area contributed by atoms with Crippen molar-refractivity contribution in [3.05, 3.63) is 127 Å². The molecule has 0 saturated heterocycles. The van der Waals surface area contributed by atoms with Gasteiger partial charge in [-0.3, -0.25) is 19.7 Å². The van der Waals surface area contributed by atoms with Crippen molar-refractivity contribution in [3.8, 4) is 11.4 Å². The number of hydrogen-bond donors (Lipinski definition) is 2. The molecule has 3 N–H and O–H groups in total. The van der Waals surface area contributed by atoms with Gasteiger partial charge in [0.2, 0.25) is 6.10 Å². The second-order valence-electron chi connectivity index (χ2n) is 11.6. The number of carbonyl (C=O) groups is 3. The Morgan fingerprint density at radius 1 is 1.20 bits per heavy atom. The third-order valence-electron chi connectivity index (χ3n) is 8.00. The summed E-state index contributed by atoms with van der Waals surface area (Å²) >= 11 is 3.52. The summed E-state index contributed by atoms with van der Waals surface area (Å²) in [5, 5.41) is 12.4. The lowest BCUT2D eigenvalue weighted by molar-refractivity contribution is -0.418. The highest BCUT2D eigenvalue weighted by Crippen LogP contribution is 2.37. The minimum atomic E-state index is -3.49. The zero-order valence-corrected chi connectivity index (χ0v) is 30.8. The number of amides is 1. The van der Waals surface area contributed by atoms with Crippen LogP contribution in [0.3, 0.4) is 0 Å². The van der Waals surface area contributed by atoms with E-state index in [0.29, 0.717) is 28.2 Å². The number of nitro groups is 1. The van der Waals surface area contributed by atoms with Crippen LogP contribution in [-0.2, 0) is 43.6 Å². The van der Waals surface area contributed by atoms with E-state index in [4.69, 9.17) is 24.9 Å². The largest absolute Gasteiger partial charge is 0.458 e. The molecule has 0 spiro atoms. The molecule has 14 nitrogen and oxygen atoms in total. The van der Waals surface area contributed by atoms with Gasteiger partial charge in [-0.05, 0) is 48.5 Å². The van der Waals surface area contributed by atoms with Crippen LogP contribution in [-0.4, -0.2) is 45.0 Å². The van der Waals surface area contributed by atoms with Crippen LogP contribution >= 0.6 is 15.9 Å². The number of allylic oxidation sites excluding steroid dienone is 1. The van der Waals surface area contributed by atoms with Gasteiger partial charge >= 0.3 is 18.0 Å². The maximum atomic E-state index is 14.5. The van der Waals surface area contributed by atoms with Crippen LogP contribution in [0.5, 0.6) is 0 Å². The van der Waals surface area contributed by atoms with Crippen molar-refractivity contribution in [2.24, 2.45) is 0 Å². The Hall–Kier alpha value is -5.97. The molecule has 4 aromatic rings. The number of nitrogens with one attached hydrogen (secondary N) is 1. The summed E-state index contributed by atoms with van der Waals surface area (Å²) in [5.74, 6) is -5.52. The molecule has 54 heavy (non-hydrogen) atoms. The van der Waals surface area contributed by atoms with Gasteiger partial charge in [0.05, 0.1) is 46.9 Å². The number of benzene rings is 2. The van der Waals surface area contributed by atoms with Crippen molar-refractivity contribution in [2.45, 2.75) is 58.5 Å². The second kappa shape index (κ2) is 17.7. The first-order valence-electron chi connectivity index (χ1n) is 16.5. The number of aromatic nitrogens is 2. The summed E-state index contributed by atoms with van der Waals surface area (Å²) in [5.41, 5.74) is 8.84. The highest BCUT2D eigenvalue weighted by molar-refractivity contribution is 9.10. The molecular weight excluding hydrogens is 776 g/mol. The molecule has 2 aliphatic heterocycles. The summed E-state index contributed by atoms with van der Waals surface area (Å²) in [6.07, 6.45) is -3.34. The van der Waals surface area contributed by atoms with Gasteiger partial charge in [-0.25, -0.2) is 23.4 Å². The van der Waals surface area contributed by atoms with E-state index in [1.54, 1.807) is 30.3 Å². The predicted molar refractivity (Wildman–Crippen MR) is 198 cm³/mol. The lowest BCUT2D eigenvalue weighted by Gasteiger charge is -2.25. The van der Waals surface area contributed by atoms with Crippen LogP contribution in [0.2, 0.25) is 0 Å². The molecule has 1 unspecified atom stereocenters. The number of nitrogens with zero attached hydrogens (tertiary/aromatic N) is 3. The van der Waals surface area contributed by atoms with E-state index >= 15 is 0 Å². The van der Waals surface area contributed by atoms with Crippen LogP contribution in [0, 0.1) is 10.1 Å². The molecule has 0 bridgehead atoms. The highest BCUT2D eigenvalue weighted by atomic mass is 79.9. The number of pyridine rings is 2. The zero-order chi connectivity index (χ0) is 39.7. The van der Waals surface area contributed by atoms with Crippen molar-refractivity contribution in [3.63, 3.8) is 0 Å². The molecule has 0 radical (unpaired) electrons. The Labute approximate surface area is 315 Å². The molecule has 0 saturated carbocycles. The number of carbonyl (C=O) groups excluding carboxylic acids is 3. The smallest absolute Gasteiger partial charge is 0.407 e. The quantitative estimate of drug-likeness (QED) is 0.0379. The van der Waals surface area contributed by atoms with Gasteiger partial charge in [-0.15, -0.1) is 0 Å². The first kappa shape index (κ1) is 40.8. The van der Waals surface area contributed by atoms with E-state index in [-0.39, 0.29) is 36.6 Å². The number of halogens is 3. The van der Waals surface area contributed by atoms with Crippen molar-refractivity contribution >= 4 is 50.6 Å². The lowest BCUT2D eigenvalue weighted by Crippen LogP contribution is -2.37. The van der Waals surface area contributed by atoms with Crippen LogP contribution in [0.4, 0.5) is 19.3 Å². The Kier molecular flexibility index (Phi) is 13.4. The molecule has 1 amide bonds. The summed E-state index contributed by atoms with van der Waals surface area (Å²) < 4.78 is 46.7. The Balaban J connectivity index is 0.000000650. The normalized spacial score (nSPS) is 13.6. The summed E-state index contributed by atoms with van der Waals surface area (Å²) in [6.45, 7) is 8.89. The number of esters is 2. The Bertz CT molecular complexity index is 2170. The molecule has 4 heterocycles. The van der Waals surface area contributed by atoms with Gasteiger partial charge < -0.3 is 29.8 Å². The minimum Gasteiger partial charge on any atom is -0.458 e. The topological polar surface area (TPSA) is 195 Å². The number of nitrogen functional groups attached to an aromatic ring is 1. The van der Waals surface area contributed by atoms with E-state index in [1.807, 2.05) is 43.4 Å². The lowest BCUT2D eigenvalue weighted by atomic mass is 10.00. The third-order valence-corrected chi connectivity index (χ3v) is 8.69. The molecule has 2 aromatic carbocycles. The van der Waals surface area contributed by atoms with Crippen LogP contribution in [0.25, 0.3) is 22.3 Å². The van der Waals surface area contributed by atoms with Crippen molar-refractivity contribution in [1.82, 2.24) is 14.9 Å². The number of ether oxygens (including phenoxy) is 3. The second-order valence-corrected chi connectivity index (χ2v) is 12.5. The van der Waals surface area contributed by atoms with Gasteiger partial charge in [0, 0.05) is 39.2 Å². The van der Waals surface area contributed by atoms with Crippen molar-refractivity contribution in [1.29, 1.82) is 0 Å². The number of rotatable bonds is 10. The van der Waals surface area contributed by atoms with Crippen LogP contribution < -0.4 is 16.6 Å². The van der Waals surface area contributed by atoms with E-state index in [9.17, 15) is 38.1 Å². The standard InChI is InChI=1S/C31H25BrF2N4O7.C4H5NO2.C2H6/c32-22-2-1-3-23-20(22)10-17-12-38-24(26(17)37-23)11-19-21(28(38)40)14-43-29(41)27(19)45-25(39)8-9-31(33,34)15-36-30(42)44-13-16-4-6-18(35)7-5-16;1-3-4(2)5(6)7;1-2/h1-7,10-11,27H,8-9,12-15,35H2,(H,36,42);3H,1-2H2;1-2H3. The number of alkyl halides is 2. The van der Waals surface area contributed by atoms with Gasteiger partial charge in [-0.2, -0.15) is 0 Å². The number of cyclic esters (lactones) is 1. The highest BCUT2D eigenvalue weighted by Gasteiger charge is 2.38. The van der Waals surface area contributed by atoms with Crippen LogP contribution in [0.1, 0.15) is 55.0 Å². The fourth-order valence-corrected chi connectivity index (χ4v) is 5.74. The molecule has 0 aliphatic carbocycles. The van der Waals surface area contributed by atoms with Gasteiger partial charge in [-0.1, -0.05) is 54.6 Å². The molecule has 1 atom stereocenters. The van der Waals surface area contributed by atoms with E-state index in [0.717, 1.165) is 21.5 Å². The van der Waals surface area contributed by atoms with Crippen molar-refractivity contribution < 1.29 is 42.3 Å². The van der Waals surface area contributed by atoms with E-state index in [2.05, 4.69) is 29.1 Å². The van der Waals surface area contributed by atoms with Crippen molar-refractivity contribution in [2.75, 3.05) is 12.3 Å². The van der Waals surface area contributed by atoms with Gasteiger partial charge in [0.1, 0.15) is 13.2 Å². The van der Waals surface area contributed by atoms with Gasteiger partial charge in [0.25, 0.3) is 17.2 Å². The SMILES string of the molecule is C=CC(=C)[N+](=O)[O-].CC.Nc1ccc(COC(=O)NCC(F)(F)CCC(=O)OC2C(=O)OCc3c2cc2n(c3=O)Cc3cc4c(Br)cccc4nc3-2)cc1. The van der Waals surface area contributed by atoms with E-state index in [1.165, 1.54) is 4.57 Å². The summed E-state index contributed by atoms with van der Waals surface area (Å²) in [4.78, 5) is 64.3. The number of anilines is 1. The van der Waals surface area contributed by atoms with Gasteiger partial charge in [0.15, 0.2) is 0 Å². The zero-order valence-electron chi connectivity index (χ0n) is 29.2. The molecule has 2 aromatic heterocycles. The fourth-order valence-electron chi connectivity index (χ4n) is 5.26. The number of nitrogens with two attached hydrogens (primary N) is 1. The number of alkyl carbamates (subject to hydrolysis) is 1. The van der Waals surface area contributed by atoms with Crippen LogP contribution in [0.15, 0.2) is 88.8 Å². The maximum Gasteiger partial charge on any atom is 0.407 e. The fraction of sp³-hybridized carbons (Fsp3) is 0.270. The first-order valence-corrected chi connectivity index (χ1v) is 17.3. The predicted octanol–water partition coefficient (Wildman–Crippen LogP) is 6.74. The minimum absolute atomic E-state index is 0.122. The molecule has 6 rings (SSSR count). The average molecular weight is 813 g/mol. The Morgan fingerprint density at radius 3 is 2.56 bits per heavy atom. The van der Waals surface area contributed by atoms with E-state index < -0.39 is 59.9 Å². The average Bonchev–Trinajstić information content (AvgIpc) is 3.52. The summed E-state index contributed by atoms with van der Waals surface area (Å²) in [6, 6.07) is 15.5. The monoisotopic (exact) mass is 811 g/mol. The molecular formula is C37H36BrF2N5O9. The molecule has 0 fully saturated rings. The first-order chi connectivity index (χ1) is 25.7. The summed E-state index contributed by atoms with van der Waals surface area (Å²) in [7, 11) is 0. The number of hydrogen-bond acceptors (Lipinski definition) is 11.